The van der Waals surface area contributed by atoms with Gasteiger partial charge in [-0.15, -0.1) is 0 Å². The monoisotopic (exact) mass is 151 g/mol. The summed E-state index contributed by atoms with van der Waals surface area (Å²) in [5, 5.41) is 7.88. The van der Waals surface area contributed by atoms with Crippen molar-refractivity contribution in [1.82, 2.24) is 0 Å². The molecule has 0 amide bonds. The Labute approximate surface area is 52.1 Å². The van der Waals surface area contributed by atoms with E-state index in [2.05, 4.69) is 4.52 Å². The van der Waals surface area contributed by atoms with E-state index in [1.165, 1.54) is 0 Å². The maximum atomic E-state index is 9.87. The molecule has 0 bridgehead atoms. The number of hydrogen-bond donors (Lipinski definition) is 2. The lowest BCUT2D eigenvalue weighted by molar-refractivity contribution is 0.201. The normalized spacial score (nSPS) is 10.8. The maximum absolute atomic E-state index is 9.87. The zero-order chi connectivity index (χ0) is 7.33. The van der Waals surface area contributed by atoms with Crippen LogP contribution < -0.4 is 0 Å². The van der Waals surface area contributed by atoms with Gasteiger partial charge in [-0.3, -0.25) is 4.52 Å². The fourth-order valence-corrected chi connectivity index (χ4v) is 0.539. The van der Waals surface area contributed by atoms with Crippen molar-refractivity contribution >= 4 is 7.82 Å². The molecule has 0 aromatic rings. The first-order valence-corrected chi connectivity index (χ1v) is 3.66. The zero-order valence-corrected chi connectivity index (χ0v) is 5.41. The topological polar surface area (TPSA) is 90.5 Å². The van der Waals surface area contributed by atoms with E-state index in [0.29, 0.717) is 0 Å². The predicted octanol–water partition coefficient (Wildman–Crippen LogP) is 0.00938. The largest absolute Gasteiger partial charge is 0.469 e. The van der Waals surface area contributed by atoms with Gasteiger partial charge in [0.2, 0.25) is 0 Å². The standard InChI is InChI=1S/C3H6NO4P/c4-2-1-3-8-9(5,6)7/h1,3H2,(H2,5,6,7). The Hall–Kier alpha value is -0.400. The summed E-state index contributed by atoms with van der Waals surface area (Å²) in [5.41, 5.74) is 0. The van der Waals surface area contributed by atoms with Crippen molar-refractivity contribution in [2.24, 2.45) is 0 Å². The third kappa shape index (κ3) is 7.60. The molecule has 0 fully saturated rings. The molecule has 0 atom stereocenters. The summed E-state index contributed by atoms with van der Waals surface area (Å²) < 4.78 is 13.8. The summed E-state index contributed by atoms with van der Waals surface area (Å²) in [6.07, 6.45) is -0.00882. The molecule has 0 aromatic carbocycles. The lowest BCUT2D eigenvalue weighted by atomic mass is 10.5. The number of hydrogen-bond acceptors (Lipinski definition) is 3. The third-order valence-corrected chi connectivity index (χ3v) is 0.992. The van der Waals surface area contributed by atoms with Crippen molar-refractivity contribution in [3.8, 4) is 6.07 Å². The molecule has 0 heterocycles. The van der Waals surface area contributed by atoms with Crippen LogP contribution in [-0.4, -0.2) is 16.4 Å². The van der Waals surface area contributed by atoms with Crippen molar-refractivity contribution in [3.63, 3.8) is 0 Å². The predicted molar refractivity (Wildman–Crippen MR) is 28.2 cm³/mol. The Bertz CT molecular complexity index is 156. The molecule has 2 N–H and O–H groups in total. The molecule has 5 nitrogen and oxygen atoms in total. The first-order valence-electron chi connectivity index (χ1n) is 2.13. The number of nitriles is 1. The van der Waals surface area contributed by atoms with Gasteiger partial charge in [0, 0.05) is 0 Å². The molecule has 0 rings (SSSR count). The smallest absolute Gasteiger partial charge is 0.303 e. The summed E-state index contributed by atoms with van der Waals surface area (Å²) in [6, 6.07) is 1.67. The van der Waals surface area contributed by atoms with E-state index in [4.69, 9.17) is 15.0 Å². The number of phosphoric acid groups is 1. The van der Waals surface area contributed by atoms with Gasteiger partial charge < -0.3 is 9.79 Å². The molecule has 0 saturated heterocycles. The van der Waals surface area contributed by atoms with Gasteiger partial charge in [0.05, 0.1) is 19.1 Å². The van der Waals surface area contributed by atoms with Gasteiger partial charge in [0.25, 0.3) is 0 Å². The van der Waals surface area contributed by atoms with Gasteiger partial charge in [-0.1, -0.05) is 0 Å². The summed E-state index contributed by atoms with van der Waals surface area (Å²) in [5.74, 6) is 0. The summed E-state index contributed by atoms with van der Waals surface area (Å²) in [4.78, 5) is 16.0. The van der Waals surface area contributed by atoms with E-state index in [-0.39, 0.29) is 13.0 Å². The van der Waals surface area contributed by atoms with Crippen LogP contribution in [0.1, 0.15) is 6.42 Å². The molecule has 0 aliphatic heterocycles. The molecule has 0 aliphatic rings. The van der Waals surface area contributed by atoms with E-state index in [9.17, 15) is 4.57 Å². The second kappa shape index (κ2) is 3.59. The molecular weight excluding hydrogens is 145 g/mol. The van der Waals surface area contributed by atoms with Gasteiger partial charge in [-0.2, -0.15) is 5.26 Å². The Kier molecular flexibility index (Phi) is 3.43. The zero-order valence-electron chi connectivity index (χ0n) is 4.52. The molecular formula is C3H6NO4P. The highest BCUT2D eigenvalue weighted by Crippen LogP contribution is 2.35. The second-order valence-corrected chi connectivity index (χ2v) is 2.47. The molecule has 0 unspecified atom stereocenters. The van der Waals surface area contributed by atoms with Gasteiger partial charge >= 0.3 is 7.82 Å². The summed E-state index contributed by atoms with van der Waals surface area (Å²) >= 11 is 0. The maximum Gasteiger partial charge on any atom is 0.469 e. The Balaban J connectivity index is 3.32. The van der Waals surface area contributed by atoms with Crippen molar-refractivity contribution in [1.29, 1.82) is 5.26 Å². The Morgan fingerprint density at radius 1 is 1.67 bits per heavy atom. The average molecular weight is 151 g/mol. The van der Waals surface area contributed by atoms with Gasteiger partial charge in [-0.05, 0) is 0 Å². The van der Waals surface area contributed by atoms with Crippen LogP contribution in [-0.2, 0) is 9.09 Å². The summed E-state index contributed by atoms with van der Waals surface area (Å²) in [6.45, 7) is -0.221. The van der Waals surface area contributed by atoms with Crippen LogP contribution in [0, 0.1) is 11.3 Å². The van der Waals surface area contributed by atoms with E-state index < -0.39 is 7.82 Å². The van der Waals surface area contributed by atoms with Crippen LogP contribution in [0.4, 0.5) is 0 Å². The Morgan fingerprint density at radius 3 is 2.56 bits per heavy atom. The van der Waals surface area contributed by atoms with Crippen LogP contribution in [0.5, 0.6) is 0 Å². The molecule has 0 radical (unpaired) electrons. The highest BCUT2D eigenvalue weighted by Gasteiger charge is 2.11. The minimum atomic E-state index is -4.35. The van der Waals surface area contributed by atoms with Crippen molar-refractivity contribution in [2.45, 2.75) is 6.42 Å². The van der Waals surface area contributed by atoms with Gasteiger partial charge in [0.1, 0.15) is 0 Å². The quantitative estimate of drug-likeness (QED) is 0.438. The second-order valence-electron chi connectivity index (χ2n) is 1.23. The van der Waals surface area contributed by atoms with Crippen LogP contribution in [0.25, 0.3) is 0 Å². The number of nitrogens with zero attached hydrogens (tertiary/aromatic N) is 1. The van der Waals surface area contributed by atoms with E-state index in [1.54, 1.807) is 6.07 Å². The van der Waals surface area contributed by atoms with E-state index in [0.717, 1.165) is 0 Å². The lowest BCUT2D eigenvalue weighted by Gasteiger charge is -1.99. The molecule has 0 spiro atoms. The van der Waals surface area contributed by atoms with E-state index in [1.807, 2.05) is 0 Å². The highest BCUT2D eigenvalue weighted by atomic mass is 31.2. The molecule has 52 valence electrons. The first-order chi connectivity index (χ1) is 4.06. The Morgan fingerprint density at radius 2 is 2.22 bits per heavy atom. The van der Waals surface area contributed by atoms with Crippen LogP contribution >= 0.6 is 7.82 Å². The van der Waals surface area contributed by atoms with Crippen molar-refractivity contribution in [3.05, 3.63) is 0 Å². The van der Waals surface area contributed by atoms with Crippen molar-refractivity contribution in [2.75, 3.05) is 6.61 Å². The molecule has 0 aromatic heterocycles. The minimum Gasteiger partial charge on any atom is -0.303 e. The summed E-state index contributed by atoms with van der Waals surface area (Å²) in [7, 11) is -4.35. The van der Waals surface area contributed by atoms with Gasteiger partial charge in [-0.25, -0.2) is 4.57 Å². The van der Waals surface area contributed by atoms with Crippen LogP contribution in [0.2, 0.25) is 0 Å². The lowest BCUT2D eigenvalue weighted by Crippen LogP contribution is -1.89. The first kappa shape index (κ1) is 8.60. The van der Waals surface area contributed by atoms with Crippen LogP contribution in [0.3, 0.4) is 0 Å². The van der Waals surface area contributed by atoms with Crippen molar-refractivity contribution < 1.29 is 18.9 Å². The molecule has 6 heteroatoms. The fourth-order valence-electron chi connectivity index (χ4n) is 0.210. The fraction of sp³-hybridized carbons (Fsp3) is 0.667. The van der Waals surface area contributed by atoms with Gasteiger partial charge in [0.15, 0.2) is 0 Å². The highest BCUT2D eigenvalue weighted by molar-refractivity contribution is 7.46. The SMILES string of the molecule is N#CCCOP(=O)(O)O. The number of phosphoric ester groups is 1. The average Bonchev–Trinajstić information content (AvgIpc) is 1.63. The molecule has 9 heavy (non-hydrogen) atoms. The molecule has 0 saturated carbocycles. The van der Waals surface area contributed by atoms with Crippen LogP contribution in [0.15, 0.2) is 0 Å². The number of rotatable bonds is 3. The van der Waals surface area contributed by atoms with E-state index >= 15 is 0 Å². The minimum absolute atomic E-state index is 0.00882. The third-order valence-electron chi connectivity index (χ3n) is 0.473. The molecule has 0 aliphatic carbocycles.